The van der Waals surface area contributed by atoms with Crippen LogP contribution in [-0.4, -0.2) is 0 Å². The maximum Gasteiger partial charge on any atom is 0.144 e. The second-order valence-corrected chi connectivity index (χ2v) is 4.87. The second-order valence-electron chi connectivity index (χ2n) is 4.46. The third-order valence-electron chi connectivity index (χ3n) is 3.10. The first-order valence-corrected chi connectivity index (χ1v) is 6.32. The molecule has 2 heteroatoms. The Kier molecular flexibility index (Phi) is 2.85. The summed E-state index contributed by atoms with van der Waals surface area (Å²) in [6, 6.07) is 16.2. The molecule has 0 fully saturated rings. The molecule has 0 aromatic heterocycles. The number of aryl methyl sites for hydroxylation is 1. The van der Waals surface area contributed by atoms with E-state index >= 15 is 0 Å². The van der Waals surface area contributed by atoms with Crippen molar-refractivity contribution < 1.29 is 4.74 Å². The molecule has 2 aromatic carbocycles. The Morgan fingerprint density at radius 2 is 1.72 bits per heavy atom. The second kappa shape index (κ2) is 4.51. The molecule has 1 aliphatic rings. The van der Waals surface area contributed by atoms with Gasteiger partial charge in [0.25, 0.3) is 0 Å². The molecule has 3 rings (SSSR count). The zero-order chi connectivity index (χ0) is 12.5. The van der Waals surface area contributed by atoms with Crippen LogP contribution < -0.4 is 4.74 Å². The molecule has 0 radical (unpaired) electrons. The maximum atomic E-state index is 6.30. The van der Waals surface area contributed by atoms with Gasteiger partial charge in [0.05, 0.1) is 5.03 Å². The first-order chi connectivity index (χ1) is 8.74. The minimum Gasteiger partial charge on any atom is -0.481 e. The van der Waals surface area contributed by atoms with E-state index in [-0.39, 0.29) is 6.10 Å². The van der Waals surface area contributed by atoms with Crippen LogP contribution in [0.3, 0.4) is 0 Å². The van der Waals surface area contributed by atoms with Crippen LogP contribution in [-0.2, 0) is 0 Å². The molecule has 18 heavy (non-hydrogen) atoms. The van der Waals surface area contributed by atoms with E-state index in [4.69, 9.17) is 16.3 Å². The van der Waals surface area contributed by atoms with Crippen molar-refractivity contribution in [3.8, 4) is 5.75 Å². The van der Waals surface area contributed by atoms with Crippen LogP contribution in [0.5, 0.6) is 5.75 Å². The summed E-state index contributed by atoms with van der Waals surface area (Å²) in [4.78, 5) is 0. The first-order valence-electron chi connectivity index (χ1n) is 5.94. The fourth-order valence-electron chi connectivity index (χ4n) is 2.08. The first kappa shape index (κ1) is 11.4. The largest absolute Gasteiger partial charge is 0.481 e. The van der Waals surface area contributed by atoms with Gasteiger partial charge < -0.3 is 4.74 Å². The standard InChI is InChI=1S/C16H13ClO/c1-11-6-8-12(9-7-11)16-10-14(17)13-4-2-3-5-15(13)18-16/h2-10,16H,1H3/t16-/m1/s1. The normalized spacial score (nSPS) is 17.7. The van der Waals surface area contributed by atoms with Gasteiger partial charge in [0.2, 0.25) is 0 Å². The van der Waals surface area contributed by atoms with Crippen molar-refractivity contribution in [3.63, 3.8) is 0 Å². The van der Waals surface area contributed by atoms with E-state index in [1.54, 1.807) is 0 Å². The number of fused-ring (bicyclic) bond motifs is 1. The van der Waals surface area contributed by atoms with E-state index in [0.29, 0.717) is 0 Å². The van der Waals surface area contributed by atoms with Crippen molar-refractivity contribution in [2.24, 2.45) is 0 Å². The summed E-state index contributed by atoms with van der Waals surface area (Å²) in [5.41, 5.74) is 3.32. The number of para-hydroxylation sites is 1. The number of rotatable bonds is 1. The number of benzene rings is 2. The van der Waals surface area contributed by atoms with Gasteiger partial charge in [-0.2, -0.15) is 0 Å². The van der Waals surface area contributed by atoms with E-state index < -0.39 is 0 Å². The van der Waals surface area contributed by atoms with Crippen molar-refractivity contribution in [2.45, 2.75) is 13.0 Å². The smallest absolute Gasteiger partial charge is 0.144 e. The highest BCUT2D eigenvalue weighted by Crippen LogP contribution is 2.38. The molecule has 1 atom stereocenters. The summed E-state index contributed by atoms with van der Waals surface area (Å²) < 4.78 is 5.97. The van der Waals surface area contributed by atoms with Crippen molar-refractivity contribution in [1.82, 2.24) is 0 Å². The summed E-state index contributed by atoms with van der Waals surface area (Å²) in [6.45, 7) is 2.07. The van der Waals surface area contributed by atoms with Crippen molar-refractivity contribution in [3.05, 3.63) is 71.3 Å². The lowest BCUT2D eigenvalue weighted by atomic mass is 10.0. The van der Waals surface area contributed by atoms with Gasteiger partial charge >= 0.3 is 0 Å². The Morgan fingerprint density at radius 3 is 2.50 bits per heavy atom. The number of ether oxygens (including phenoxy) is 1. The van der Waals surface area contributed by atoms with Crippen molar-refractivity contribution >= 4 is 16.6 Å². The van der Waals surface area contributed by atoms with Crippen LogP contribution in [0.4, 0.5) is 0 Å². The van der Waals surface area contributed by atoms with Gasteiger partial charge in [-0.25, -0.2) is 0 Å². The van der Waals surface area contributed by atoms with Gasteiger partial charge in [0.1, 0.15) is 11.9 Å². The average Bonchev–Trinajstić information content (AvgIpc) is 2.39. The molecular weight excluding hydrogens is 244 g/mol. The van der Waals surface area contributed by atoms with E-state index in [0.717, 1.165) is 21.9 Å². The molecule has 2 aromatic rings. The average molecular weight is 257 g/mol. The van der Waals surface area contributed by atoms with Gasteiger partial charge in [0, 0.05) is 5.56 Å². The zero-order valence-corrected chi connectivity index (χ0v) is 10.8. The molecule has 0 unspecified atom stereocenters. The quantitative estimate of drug-likeness (QED) is 0.718. The summed E-state index contributed by atoms with van der Waals surface area (Å²) in [5.74, 6) is 0.843. The minimum atomic E-state index is -0.104. The third-order valence-corrected chi connectivity index (χ3v) is 3.43. The molecule has 90 valence electrons. The Labute approximate surface area is 112 Å². The monoisotopic (exact) mass is 256 g/mol. The lowest BCUT2D eigenvalue weighted by Gasteiger charge is -2.23. The molecule has 0 aliphatic carbocycles. The van der Waals surface area contributed by atoms with Crippen LogP contribution >= 0.6 is 11.6 Å². The number of hydrogen-bond acceptors (Lipinski definition) is 1. The Balaban J connectivity index is 1.99. The van der Waals surface area contributed by atoms with Crippen molar-refractivity contribution in [2.75, 3.05) is 0 Å². The van der Waals surface area contributed by atoms with Gasteiger partial charge in [-0.05, 0) is 30.7 Å². The van der Waals surface area contributed by atoms with E-state index in [1.165, 1.54) is 5.56 Å². The molecule has 1 aliphatic heterocycles. The molecular formula is C16H13ClO. The fourth-order valence-corrected chi connectivity index (χ4v) is 2.35. The minimum absolute atomic E-state index is 0.104. The Morgan fingerprint density at radius 1 is 1.00 bits per heavy atom. The number of halogens is 1. The number of hydrogen-bond donors (Lipinski definition) is 0. The summed E-state index contributed by atoms with van der Waals surface area (Å²) in [7, 11) is 0. The molecule has 0 saturated heterocycles. The van der Waals surface area contributed by atoms with Crippen LogP contribution in [0.15, 0.2) is 54.6 Å². The van der Waals surface area contributed by atoms with Crippen LogP contribution in [0.25, 0.3) is 5.03 Å². The van der Waals surface area contributed by atoms with Crippen LogP contribution in [0, 0.1) is 6.92 Å². The molecule has 0 amide bonds. The fraction of sp³-hybridized carbons (Fsp3) is 0.125. The van der Waals surface area contributed by atoms with E-state index in [1.807, 2.05) is 30.3 Å². The molecule has 0 bridgehead atoms. The van der Waals surface area contributed by atoms with E-state index in [2.05, 4.69) is 31.2 Å². The van der Waals surface area contributed by atoms with Crippen LogP contribution in [0.2, 0.25) is 0 Å². The van der Waals surface area contributed by atoms with Crippen LogP contribution in [0.1, 0.15) is 22.8 Å². The highest BCUT2D eigenvalue weighted by molar-refractivity contribution is 6.49. The maximum absolute atomic E-state index is 6.30. The highest BCUT2D eigenvalue weighted by Gasteiger charge is 2.20. The molecule has 1 heterocycles. The molecule has 0 spiro atoms. The van der Waals surface area contributed by atoms with Crippen molar-refractivity contribution in [1.29, 1.82) is 0 Å². The molecule has 1 nitrogen and oxygen atoms in total. The summed E-state index contributed by atoms with van der Waals surface area (Å²) >= 11 is 6.30. The summed E-state index contributed by atoms with van der Waals surface area (Å²) in [5, 5.41) is 0.752. The highest BCUT2D eigenvalue weighted by atomic mass is 35.5. The van der Waals surface area contributed by atoms with Gasteiger partial charge in [-0.1, -0.05) is 53.6 Å². The van der Waals surface area contributed by atoms with Gasteiger partial charge in [-0.15, -0.1) is 0 Å². The lowest BCUT2D eigenvalue weighted by molar-refractivity contribution is 0.251. The van der Waals surface area contributed by atoms with Gasteiger partial charge in [-0.3, -0.25) is 0 Å². The zero-order valence-electron chi connectivity index (χ0n) is 10.1. The Hall–Kier alpha value is -1.73. The Bertz CT molecular complexity index is 599. The predicted molar refractivity (Wildman–Crippen MR) is 74.8 cm³/mol. The molecule has 0 saturated carbocycles. The van der Waals surface area contributed by atoms with Gasteiger partial charge in [0.15, 0.2) is 0 Å². The van der Waals surface area contributed by atoms with E-state index in [9.17, 15) is 0 Å². The molecule has 0 N–H and O–H groups in total. The summed E-state index contributed by atoms with van der Waals surface area (Å²) in [6.07, 6.45) is 1.85. The topological polar surface area (TPSA) is 9.23 Å². The lowest BCUT2D eigenvalue weighted by Crippen LogP contribution is -2.10. The third kappa shape index (κ3) is 2.02. The SMILES string of the molecule is Cc1ccc([C@H]2C=C(Cl)c3ccccc3O2)cc1. The predicted octanol–water partition coefficient (Wildman–Crippen LogP) is 4.71.